The first kappa shape index (κ1) is 26.3. The average Bonchev–Trinajstić information content (AvgIpc) is 3.23. The van der Waals surface area contributed by atoms with E-state index < -0.39 is 0 Å². The van der Waals surface area contributed by atoms with Crippen LogP contribution in [0.15, 0.2) is 59.6 Å². The highest BCUT2D eigenvalue weighted by atomic mass is 127. The number of aliphatic imine (C=N–C) groups is 1. The summed E-state index contributed by atoms with van der Waals surface area (Å²) < 4.78 is 5.50. The molecule has 34 heavy (non-hydrogen) atoms. The largest absolute Gasteiger partial charge is 0.378 e. The first-order valence-corrected chi connectivity index (χ1v) is 11.9. The van der Waals surface area contributed by atoms with Crippen LogP contribution in [0.2, 0.25) is 0 Å². The third-order valence-electron chi connectivity index (χ3n) is 6.38. The van der Waals surface area contributed by atoms with Gasteiger partial charge in [0.25, 0.3) is 0 Å². The van der Waals surface area contributed by atoms with Crippen molar-refractivity contribution in [2.75, 3.05) is 57.9 Å². The standard InChI is InChI=1S/C26H35N5O2.HI/c1-27-26(29-19-23-9-5-6-10-24(23)30-13-15-33-16-14-30)28-18-22-17-25(32)31(20-22)12-11-21-7-3-2-4-8-21;/h2-10,22H,11-20H2,1H3,(H2,27,28,29);1H. The summed E-state index contributed by atoms with van der Waals surface area (Å²) in [6.45, 7) is 6.39. The van der Waals surface area contributed by atoms with Gasteiger partial charge in [0.1, 0.15) is 0 Å². The normalized spacial score (nSPS) is 18.6. The van der Waals surface area contributed by atoms with Gasteiger partial charge >= 0.3 is 0 Å². The highest BCUT2D eigenvalue weighted by Crippen LogP contribution is 2.21. The number of halogens is 1. The van der Waals surface area contributed by atoms with Gasteiger partial charge in [0, 0.05) is 64.3 Å². The van der Waals surface area contributed by atoms with Crippen molar-refractivity contribution >= 4 is 41.5 Å². The van der Waals surface area contributed by atoms with Crippen molar-refractivity contribution in [1.82, 2.24) is 15.5 Å². The van der Waals surface area contributed by atoms with Crippen LogP contribution in [0.25, 0.3) is 0 Å². The van der Waals surface area contributed by atoms with Gasteiger partial charge in [0.05, 0.1) is 13.2 Å². The lowest BCUT2D eigenvalue weighted by atomic mass is 10.1. The fourth-order valence-corrected chi connectivity index (χ4v) is 4.53. The van der Waals surface area contributed by atoms with E-state index in [0.29, 0.717) is 18.9 Å². The lowest BCUT2D eigenvalue weighted by Gasteiger charge is -2.30. The molecule has 7 nitrogen and oxygen atoms in total. The number of morpholine rings is 1. The molecule has 0 saturated carbocycles. The molecule has 0 aliphatic carbocycles. The van der Waals surface area contributed by atoms with Crippen LogP contribution in [0, 0.1) is 5.92 Å². The smallest absolute Gasteiger partial charge is 0.223 e. The van der Waals surface area contributed by atoms with Gasteiger partial charge in [-0.2, -0.15) is 0 Å². The number of hydrogen-bond donors (Lipinski definition) is 2. The van der Waals surface area contributed by atoms with Gasteiger partial charge in [0.2, 0.25) is 5.91 Å². The number of para-hydroxylation sites is 1. The summed E-state index contributed by atoms with van der Waals surface area (Å²) in [6.07, 6.45) is 1.50. The second-order valence-electron chi connectivity index (χ2n) is 8.68. The molecule has 1 unspecified atom stereocenters. The molecule has 0 spiro atoms. The number of rotatable bonds is 8. The Kier molecular flexibility index (Phi) is 10.5. The van der Waals surface area contributed by atoms with E-state index in [0.717, 1.165) is 58.3 Å². The minimum absolute atomic E-state index is 0. The summed E-state index contributed by atoms with van der Waals surface area (Å²) in [6, 6.07) is 18.8. The number of nitrogens with one attached hydrogen (secondary N) is 2. The lowest BCUT2D eigenvalue weighted by molar-refractivity contribution is -0.127. The molecule has 2 heterocycles. The number of hydrogen-bond acceptors (Lipinski definition) is 4. The number of carbonyl (C=O) groups is 1. The third kappa shape index (κ3) is 7.33. The minimum Gasteiger partial charge on any atom is -0.378 e. The molecular weight excluding hydrogens is 541 g/mol. The van der Waals surface area contributed by atoms with E-state index in [4.69, 9.17) is 4.74 Å². The van der Waals surface area contributed by atoms with E-state index in [1.165, 1.54) is 16.8 Å². The zero-order valence-electron chi connectivity index (χ0n) is 19.9. The van der Waals surface area contributed by atoms with E-state index in [1.54, 1.807) is 7.05 Å². The number of ether oxygens (including phenoxy) is 1. The molecule has 0 aromatic heterocycles. The number of anilines is 1. The van der Waals surface area contributed by atoms with Gasteiger partial charge in [-0.05, 0) is 23.6 Å². The van der Waals surface area contributed by atoms with Crippen molar-refractivity contribution < 1.29 is 9.53 Å². The van der Waals surface area contributed by atoms with Crippen molar-refractivity contribution in [2.24, 2.45) is 10.9 Å². The summed E-state index contributed by atoms with van der Waals surface area (Å²) in [5, 5.41) is 6.86. The van der Waals surface area contributed by atoms with Crippen molar-refractivity contribution in [1.29, 1.82) is 0 Å². The van der Waals surface area contributed by atoms with Crippen molar-refractivity contribution in [3.8, 4) is 0 Å². The summed E-state index contributed by atoms with van der Waals surface area (Å²) in [5.74, 6) is 1.31. The van der Waals surface area contributed by atoms with E-state index >= 15 is 0 Å². The van der Waals surface area contributed by atoms with Crippen molar-refractivity contribution in [3.63, 3.8) is 0 Å². The molecular formula is C26H36IN5O2. The summed E-state index contributed by atoms with van der Waals surface area (Å²) in [5.41, 5.74) is 3.76. The Morgan fingerprint density at radius 3 is 2.56 bits per heavy atom. The van der Waals surface area contributed by atoms with E-state index in [2.05, 4.69) is 56.9 Å². The van der Waals surface area contributed by atoms with Gasteiger partial charge in [0.15, 0.2) is 5.96 Å². The Balaban J connectivity index is 0.00000324. The first-order chi connectivity index (χ1) is 16.2. The van der Waals surface area contributed by atoms with Gasteiger partial charge < -0.3 is 25.2 Å². The molecule has 2 aromatic carbocycles. The molecule has 2 N–H and O–H groups in total. The minimum atomic E-state index is 0. The first-order valence-electron chi connectivity index (χ1n) is 11.9. The predicted octanol–water partition coefficient (Wildman–Crippen LogP) is 2.90. The van der Waals surface area contributed by atoms with E-state index in [-0.39, 0.29) is 29.9 Å². The highest BCUT2D eigenvalue weighted by molar-refractivity contribution is 14.0. The van der Waals surface area contributed by atoms with E-state index in [9.17, 15) is 4.79 Å². The average molecular weight is 578 g/mol. The van der Waals surface area contributed by atoms with E-state index in [1.807, 2.05) is 23.1 Å². The Bertz CT molecular complexity index is 934. The number of nitrogens with zero attached hydrogens (tertiary/aromatic N) is 3. The SMILES string of the molecule is CN=C(NCc1ccccc1N1CCOCC1)NCC1CC(=O)N(CCc2ccccc2)C1.I. The van der Waals surface area contributed by atoms with Crippen LogP contribution in [-0.4, -0.2) is 69.8 Å². The topological polar surface area (TPSA) is 69.2 Å². The Labute approximate surface area is 220 Å². The maximum absolute atomic E-state index is 12.5. The fourth-order valence-electron chi connectivity index (χ4n) is 4.53. The fraction of sp³-hybridized carbons (Fsp3) is 0.462. The molecule has 8 heteroatoms. The molecule has 2 saturated heterocycles. The monoisotopic (exact) mass is 577 g/mol. The molecule has 4 rings (SSSR count). The molecule has 2 aliphatic rings. The third-order valence-corrected chi connectivity index (χ3v) is 6.38. The molecule has 184 valence electrons. The Morgan fingerprint density at radius 1 is 1.06 bits per heavy atom. The van der Waals surface area contributed by atoms with Crippen LogP contribution in [0.3, 0.4) is 0 Å². The zero-order valence-corrected chi connectivity index (χ0v) is 22.2. The van der Waals surface area contributed by atoms with Crippen molar-refractivity contribution in [3.05, 3.63) is 65.7 Å². The van der Waals surface area contributed by atoms with Crippen LogP contribution in [0.4, 0.5) is 5.69 Å². The highest BCUT2D eigenvalue weighted by Gasteiger charge is 2.29. The number of carbonyl (C=O) groups excluding carboxylic acids is 1. The molecule has 0 radical (unpaired) electrons. The Morgan fingerprint density at radius 2 is 1.79 bits per heavy atom. The van der Waals surface area contributed by atoms with Crippen LogP contribution < -0.4 is 15.5 Å². The molecule has 2 aromatic rings. The molecule has 2 fully saturated rings. The quantitative estimate of drug-likeness (QED) is 0.287. The van der Waals surface area contributed by atoms with Gasteiger partial charge in [-0.15, -0.1) is 24.0 Å². The van der Waals surface area contributed by atoms with Gasteiger partial charge in [-0.25, -0.2) is 0 Å². The predicted molar refractivity (Wildman–Crippen MR) is 148 cm³/mol. The number of benzene rings is 2. The summed E-state index contributed by atoms with van der Waals surface area (Å²) in [7, 11) is 1.79. The maximum atomic E-state index is 12.5. The van der Waals surface area contributed by atoms with Crippen LogP contribution in [0.1, 0.15) is 17.5 Å². The van der Waals surface area contributed by atoms with Crippen LogP contribution in [0.5, 0.6) is 0 Å². The van der Waals surface area contributed by atoms with Gasteiger partial charge in [-0.3, -0.25) is 9.79 Å². The summed E-state index contributed by atoms with van der Waals surface area (Å²) in [4.78, 5) is 21.2. The zero-order chi connectivity index (χ0) is 22.9. The summed E-state index contributed by atoms with van der Waals surface area (Å²) >= 11 is 0. The maximum Gasteiger partial charge on any atom is 0.223 e. The van der Waals surface area contributed by atoms with Gasteiger partial charge in [-0.1, -0.05) is 48.5 Å². The van der Waals surface area contributed by atoms with Crippen LogP contribution >= 0.6 is 24.0 Å². The molecule has 0 bridgehead atoms. The number of guanidine groups is 1. The molecule has 1 amide bonds. The lowest BCUT2D eigenvalue weighted by Crippen LogP contribution is -2.41. The molecule has 2 aliphatic heterocycles. The Hall–Kier alpha value is -2.33. The van der Waals surface area contributed by atoms with Crippen LogP contribution in [-0.2, 0) is 22.5 Å². The molecule has 1 atom stereocenters. The number of likely N-dealkylation sites (tertiary alicyclic amines) is 1. The number of amides is 1. The second-order valence-corrected chi connectivity index (χ2v) is 8.68. The van der Waals surface area contributed by atoms with Crippen molar-refractivity contribution in [2.45, 2.75) is 19.4 Å². The second kappa shape index (κ2) is 13.5.